The molecule has 1 fully saturated rings. The van der Waals surface area contributed by atoms with Gasteiger partial charge in [-0.2, -0.15) is 4.98 Å². The fraction of sp³-hybridized carbons (Fsp3) is 0.323. The maximum atomic E-state index is 15.3. The Hall–Kier alpha value is -4.58. The molecule has 2 atom stereocenters. The summed E-state index contributed by atoms with van der Waals surface area (Å²) in [5.41, 5.74) is 0.113. The van der Waals surface area contributed by atoms with Crippen molar-refractivity contribution in [1.82, 2.24) is 24.4 Å². The first-order chi connectivity index (χ1) is 20.9. The first-order valence-corrected chi connectivity index (χ1v) is 14.4. The summed E-state index contributed by atoms with van der Waals surface area (Å²) in [6.07, 6.45) is 2.88. The van der Waals surface area contributed by atoms with Crippen LogP contribution in [0, 0.1) is 18.6 Å². The molecular formula is C31H29ClF2N6O4. The third kappa shape index (κ3) is 4.47. The Balaban J connectivity index is 1.74. The van der Waals surface area contributed by atoms with Crippen LogP contribution in [-0.4, -0.2) is 67.2 Å². The third-order valence-corrected chi connectivity index (χ3v) is 8.42. The lowest BCUT2D eigenvalue weighted by atomic mass is 10.0. The lowest BCUT2D eigenvalue weighted by molar-refractivity contribution is -0.127. The van der Waals surface area contributed by atoms with E-state index < -0.39 is 34.7 Å². The minimum atomic E-state index is -1.37. The van der Waals surface area contributed by atoms with Crippen molar-refractivity contribution in [2.45, 2.75) is 45.7 Å². The van der Waals surface area contributed by atoms with Gasteiger partial charge in [-0.1, -0.05) is 32.0 Å². The van der Waals surface area contributed by atoms with Gasteiger partial charge < -0.3 is 19.6 Å². The molecule has 4 aromatic rings. The molecule has 2 unspecified atom stereocenters. The number of hydrogen-bond donors (Lipinski definition) is 1. The van der Waals surface area contributed by atoms with Gasteiger partial charge in [-0.05, 0) is 49.6 Å². The number of aromatic nitrogens is 4. The molecule has 0 saturated carbocycles. The maximum Gasteiger partial charge on any atom is 0.355 e. The maximum absolute atomic E-state index is 15.3. The zero-order valence-corrected chi connectivity index (χ0v) is 25.2. The monoisotopic (exact) mass is 622 g/mol. The molecule has 1 saturated heterocycles. The molecule has 228 valence electrons. The highest BCUT2D eigenvalue weighted by molar-refractivity contribution is 6.36. The molecule has 13 heteroatoms. The standard InChI is InChI=1S/C31H29ClF2N6O4/c1-6-20(42)38-11-16(5)39-17(12-38)13-44-28-22-29(36-26(23(28)32)21-19(41)8-7-18(33)24(21)34)40(31(43)37-30(22)39)27-15(4)9-10-35-25(27)14(2)3/h6-10,14,16-17,41H,1,11-13H2,2-5H3. The van der Waals surface area contributed by atoms with Crippen LogP contribution in [0.3, 0.4) is 0 Å². The number of fused-ring (bicyclic) bond motifs is 2. The van der Waals surface area contributed by atoms with Crippen molar-refractivity contribution in [3.8, 4) is 28.4 Å². The zero-order valence-electron chi connectivity index (χ0n) is 24.4. The molecule has 0 aliphatic carbocycles. The summed E-state index contributed by atoms with van der Waals surface area (Å²) in [4.78, 5) is 44.0. The fourth-order valence-electron chi connectivity index (χ4n) is 6.11. The molecule has 1 aromatic carbocycles. The average Bonchev–Trinajstić information content (AvgIpc) is 3.15. The Kier molecular flexibility index (Phi) is 7.27. The lowest BCUT2D eigenvalue weighted by Gasteiger charge is -2.45. The van der Waals surface area contributed by atoms with Gasteiger partial charge in [0.1, 0.15) is 34.3 Å². The molecule has 5 heterocycles. The Morgan fingerprint density at radius 1 is 1.23 bits per heavy atom. The van der Waals surface area contributed by atoms with Crippen LogP contribution >= 0.6 is 11.6 Å². The highest BCUT2D eigenvalue weighted by atomic mass is 35.5. The molecule has 3 aromatic heterocycles. The first-order valence-electron chi connectivity index (χ1n) is 14.1. The molecule has 0 spiro atoms. The second kappa shape index (κ2) is 10.8. The molecule has 10 nitrogen and oxygen atoms in total. The number of nitrogens with zero attached hydrogens (tertiary/aromatic N) is 6. The van der Waals surface area contributed by atoms with Gasteiger partial charge in [0.05, 0.1) is 23.0 Å². The van der Waals surface area contributed by atoms with E-state index in [9.17, 15) is 19.1 Å². The topological polar surface area (TPSA) is 114 Å². The van der Waals surface area contributed by atoms with Crippen LogP contribution in [0.15, 0.2) is 41.8 Å². The number of carbonyl (C=O) groups is 1. The van der Waals surface area contributed by atoms with E-state index in [4.69, 9.17) is 16.3 Å². The van der Waals surface area contributed by atoms with Gasteiger partial charge in [0.2, 0.25) is 5.91 Å². The Morgan fingerprint density at radius 2 is 1.98 bits per heavy atom. The number of pyridine rings is 2. The van der Waals surface area contributed by atoms with Gasteiger partial charge >= 0.3 is 5.69 Å². The number of rotatable bonds is 4. The number of aromatic hydroxyl groups is 1. The van der Waals surface area contributed by atoms with E-state index in [0.717, 1.165) is 12.1 Å². The Bertz CT molecular complexity index is 1930. The number of halogens is 3. The van der Waals surface area contributed by atoms with Gasteiger partial charge in [-0.3, -0.25) is 9.78 Å². The van der Waals surface area contributed by atoms with E-state index in [1.54, 1.807) is 17.2 Å². The van der Waals surface area contributed by atoms with Gasteiger partial charge in [-0.25, -0.2) is 23.1 Å². The van der Waals surface area contributed by atoms with E-state index in [-0.39, 0.29) is 64.3 Å². The largest absolute Gasteiger partial charge is 0.507 e. The lowest BCUT2D eigenvalue weighted by Crippen LogP contribution is -2.61. The normalized spacial score (nSPS) is 17.8. The summed E-state index contributed by atoms with van der Waals surface area (Å²) in [5.74, 6) is -3.30. The first kappa shape index (κ1) is 29.5. The van der Waals surface area contributed by atoms with Crippen LogP contribution in [0.25, 0.3) is 28.0 Å². The van der Waals surface area contributed by atoms with Crippen molar-refractivity contribution in [2.75, 3.05) is 24.6 Å². The highest BCUT2D eigenvalue weighted by Crippen LogP contribution is 2.47. The van der Waals surface area contributed by atoms with Crippen LogP contribution in [0.5, 0.6) is 11.5 Å². The van der Waals surface area contributed by atoms with Crippen LogP contribution in [-0.2, 0) is 4.79 Å². The van der Waals surface area contributed by atoms with E-state index in [1.807, 2.05) is 32.6 Å². The van der Waals surface area contributed by atoms with Crippen molar-refractivity contribution in [2.24, 2.45) is 0 Å². The molecule has 0 bridgehead atoms. The van der Waals surface area contributed by atoms with Gasteiger partial charge in [0.15, 0.2) is 23.0 Å². The number of ether oxygens (including phenoxy) is 1. The fourth-order valence-corrected chi connectivity index (χ4v) is 6.39. The van der Waals surface area contributed by atoms with Crippen LogP contribution < -0.4 is 15.3 Å². The summed E-state index contributed by atoms with van der Waals surface area (Å²) in [6, 6.07) is 2.76. The minimum Gasteiger partial charge on any atom is -0.507 e. The summed E-state index contributed by atoms with van der Waals surface area (Å²) in [5, 5.41) is 10.7. The second-order valence-electron chi connectivity index (χ2n) is 11.3. The molecule has 1 N–H and O–H groups in total. The van der Waals surface area contributed by atoms with E-state index >= 15 is 4.39 Å². The molecule has 6 rings (SSSR count). The van der Waals surface area contributed by atoms with Crippen LogP contribution in [0.1, 0.15) is 37.9 Å². The number of phenolic OH excluding ortho intramolecular Hbond substituents is 1. The summed E-state index contributed by atoms with van der Waals surface area (Å²) < 4.78 is 37.4. The SMILES string of the molecule is C=CC(=O)N1CC(C)N2c3nc(=O)n(-c4c(C)ccnc4C(C)C)c4nc(-c5c(O)ccc(F)c5F)c(Cl)c(c34)OCC2C1. The number of piperazine rings is 1. The predicted molar refractivity (Wildman–Crippen MR) is 162 cm³/mol. The van der Waals surface area contributed by atoms with Crippen LogP contribution in [0.4, 0.5) is 14.6 Å². The summed E-state index contributed by atoms with van der Waals surface area (Å²) >= 11 is 6.87. The van der Waals surface area contributed by atoms with Crippen molar-refractivity contribution in [3.05, 3.63) is 75.4 Å². The minimum absolute atomic E-state index is 0.00732. The quantitative estimate of drug-likeness (QED) is 0.320. The summed E-state index contributed by atoms with van der Waals surface area (Å²) in [6.45, 7) is 11.7. The van der Waals surface area contributed by atoms with Crippen LogP contribution in [0.2, 0.25) is 5.02 Å². The Labute approximate surface area is 256 Å². The molecule has 0 radical (unpaired) electrons. The molecule has 44 heavy (non-hydrogen) atoms. The number of anilines is 1. The zero-order chi connectivity index (χ0) is 31.6. The van der Waals surface area contributed by atoms with Crippen molar-refractivity contribution in [1.29, 1.82) is 0 Å². The number of phenols is 1. The molecule has 2 aliphatic rings. The Morgan fingerprint density at radius 3 is 2.68 bits per heavy atom. The number of hydrogen-bond acceptors (Lipinski definition) is 8. The van der Waals surface area contributed by atoms with Gasteiger partial charge in [-0.15, -0.1) is 0 Å². The number of amides is 1. The average molecular weight is 623 g/mol. The second-order valence-corrected chi connectivity index (χ2v) is 11.7. The highest BCUT2D eigenvalue weighted by Gasteiger charge is 2.40. The third-order valence-electron chi connectivity index (χ3n) is 8.07. The van der Waals surface area contributed by atoms with Gasteiger partial charge in [0.25, 0.3) is 0 Å². The number of benzene rings is 1. The van der Waals surface area contributed by atoms with Crippen molar-refractivity contribution < 1.29 is 23.4 Å². The predicted octanol–water partition coefficient (Wildman–Crippen LogP) is 4.90. The smallest absolute Gasteiger partial charge is 0.355 e. The number of carbonyl (C=O) groups excluding carboxylic acids is 1. The van der Waals surface area contributed by atoms with E-state index in [0.29, 0.717) is 23.5 Å². The van der Waals surface area contributed by atoms with Crippen molar-refractivity contribution in [3.63, 3.8) is 0 Å². The molecule has 1 amide bonds. The summed E-state index contributed by atoms with van der Waals surface area (Å²) in [7, 11) is 0. The van der Waals surface area contributed by atoms with E-state index in [1.165, 1.54) is 10.6 Å². The molecule has 2 aliphatic heterocycles. The van der Waals surface area contributed by atoms with E-state index in [2.05, 4.69) is 21.5 Å². The molecular weight excluding hydrogens is 594 g/mol. The van der Waals surface area contributed by atoms with Crippen molar-refractivity contribution >= 4 is 34.4 Å². The van der Waals surface area contributed by atoms with Gasteiger partial charge in [0, 0.05) is 25.3 Å². The number of aryl methyl sites for hydroxylation is 1.